The number of nitrogens with zero attached hydrogens (tertiary/aromatic N) is 3. The fourth-order valence-electron chi connectivity index (χ4n) is 8.03. The highest BCUT2D eigenvalue weighted by Gasteiger charge is 2.17. The SMILES string of the molecule is C=Cn1c2ccc(-c3ccc(N(c4ccc(OC)cc4)c4ccc(OC)cc4)cc3)cc2c2cc(-c3ccc(N(c4ccc(OC)cc4)c4ccc(OC)cc4)cc3)ccc21. The van der Waals surface area contributed by atoms with E-state index in [4.69, 9.17) is 18.9 Å². The summed E-state index contributed by atoms with van der Waals surface area (Å²) in [6.45, 7) is 4.18. The normalized spacial score (nSPS) is 11.0. The molecule has 7 nitrogen and oxygen atoms in total. The summed E-state index contributed by atoms with van der Waals surface area (Å²) in [4.78, 5) is 4.46. The van der Waals surface area contributed by atoms with Gasteiger partial charge in [0.25, 0.3) is 0 Å². The molecule has 0 bridgehead atoms. The Morgan fingerprint density at radius 1 is 0.344 bits per heavy atom. The smallest absolute Gasteiger partial charge is 0.119 e. The maximum atomic E-state index is 5.45. The van der Waals surface area contributed by atoms with Crippen LogP contribution >= 0.6 is 0 Å². The van der Waals surface area contributed by atoms with Gasteiger partial charge in [0, 0.05) is 51.1 Å². The molecule has 0 saturated heterocycles. The Hall–Kier alpha value is -7.90. The summed E-state index contributed by atoms with van der Waals surface area (Å²) in [5.74, 6) is 3.24. The first-order chi connectivity index (χ1) is 30.0. The van der Waals surface area contributed by atoms with E-state index in [1.54, 1.807) is 28.4 Å². The van der Waals surface area contributed by atoms with Gasteiger partial charge in [0.15, 0.2) is 0 Å². The number of aromatic nitrogens is 1. The summed E-state index contributed by atoms with van der Waals surface area (Å²) >= 11 is 0. The minimum atomic E-state index is 0.810. The van der Waals surface area contributed by atoms with Crippen LogP contribution in [0.1, 0.15) is 0 Å². The molecule has 1 heterocycles. The van der Waals surface area contributed by atoms with Crippen molar-refractivity contribution in [1.29, 1.82) is 0 Å². The van der Waals surface area contributed by atoms with Crippen LogP contribution in [0.4, 0.5) is 34.1 Å². The van der Waals surface area contributed by atoms with Crippen LogP contribution < -0.4 is 28.7 Å². The van der Waals surface area contributed by atoms with Gasteiger partial charge in [-0.2, -0.15) is 0 Å². The maximum absolute atomic E-state index is 5.45. The van der Waals surface area contributed by atoms with Gasteiger partial charge >= 0.3 is 0 Å². The zero-order valence-corrected chi connectivity index (χ0v) is 34.6. The molecular formula is C54H45N3O4. The van der Waals surface area contributed by atoms with Gasteiger partial charge in [0.05, 0.1) is 39.5 Å². The number of benzene rings is 8. The molecule has 0 aliphatic carbocycles. The lowest BCUT2D eigenvalue weighted by Crippen LogP contribution is -2.09. The second-order valence-electron chi connectivity index (χ2n) is 14.6. The van der Waals surface area contributed by atoms with Crippen LogP contribution in [0, 0.1) is 0 Å². The zero-order valence-electron chi connectivity index (χ0n) is 34.6. The molecule has 0 aliphatic rings. The molecule has 0 N–H and O–H groups in total. The van der Waals surface area contributed by atoms with Gasteiger partial charge in [-0.25, -0.2) is 0 Å². The zero-order chi connectivity index (χ0) is 41.9. The Labute approximate surface area is 356 Å². The summed E-state index contributed by atoms with van der Waals surface area (Å²) in [5.41, 5.74) is 12.9. The van der Waals surface area contributed by atoms with Crippen molar-refractivity contribution in [3.8, 4) is 45.3 Å². The summed E-state index contributed by atoms with van der Waals surface area (Å²) in [6.07, 6.45) is 1.90. The third kappa shape index (κ3) is 7.49. The Balaban J connectivity index is 1.05. The van der Waals surface area contributed by atoms with E-state index in [0.717, 1.165) is 90.4 Å². The van der Waals surface area contributed by atoms with Crippen molar-refractivity contribution in [3.05, 3.63) is 189 Å². The van der Waals surface area contributed by atoms with E-state index < -0.39 is 0 Å². The minimum Gasteiger partial charge on any atom is -0.497 e. The van der Waals surface area contributed by atoms with Gasteiger partial charge in [0.1, 0.15) is 23.0 Å². The summed E-state index contributed by atoms with van der Waals surface area (Å²) in [6, 6.07) is 63.3. The van der Waals surface area contributed by atoms with Gasteiger partial charge < -0.3 is 33.3 Å². The van der Waals surface area contributed by atoms with Crippen LogP contribution in [-0.2, 0) is 0 Å². The lowest BCUT2D eigenvalue weighted by molar-refractivity contribution is 0.414. The Morgan fingerprint density at radius 3 is 0.836 bits per heavy atom. The molecule has 61 heavy (non-hydrogen) atoms. The summed E-state index contributed by atoms with van der Waals surface area (Å²) < 4.78 is 24.0. The Kier molecular flexibility index (Phi) is 10.6. The van der Waals surface area contributed by atoms with Crippen LogP contribution in [-0.4, -0.2) is 33.0 Å². The number of fused-ring (bicyclic) bond motifs is 3. The fraction of sp³-hybridized carbons (Fsp3) is 0.0741. The predicted octanol–water partition coefficient (Wildman–Crippen LogP) is 14.2. The quantitative estimate of drug-likeness (QED) is 0.116. The highest BCUT2D eigenvalue weighted by atomic mass is 16.5. The first kappa shape index (κ1) is 38.6. The molecule has 8 aromatic carbocycles. The molecule has 0 fully saturated rings. The predicted molar refractivity (Wildman–Crippen MR) is 252 cm³/mol. The Bertz CT molecular complexity index is 2640. The molecule has 9 aromatic rings. The second-order valence-corrected chi connectivity index (χ2v) is 14.6. The van der Waals surface area contributed by atoms with E-state index >= 15 is 0 Å². The number of methoxy groups -OCH3 is 4. The van der Waals surface area contributed by atoms with E-state index in [-0.39, 0.29) is 0 Å². The monoisotopic (exact) mass is 799 g/mol. The molecule has 300 valence electrons. The number of rotatable bonds is 13. The van der Waals surface area contributed by atoms with Crippen molar-refractivity contribution in [2.75, 3.05) is 38.2 Å². The van der Waals surface area contributed by atoms with Crippen molar-refractivity contribution in [1.82, 2.24) is 4.57 Å². The van der Waals surface area contributed by atoms with Crippen molar-refractivity contribution in [2.45, 2.75) is 0 Å². The van der Waals surface area contributed by atoms with E-state index in [2.05, 4.69) is 154 Å². The molecule has 1 aromatic heterocycles. The molecule has 9 rings (SSSR count). The standard InChI is InChI=1S/C54H45N3O4/c1-6-55-53-33-11-39(37-7-13-41(14-8-37)56(43-17-25-47(58-2)26-18-43)44-19-27-48(59-3)28-20-44)35-51(53)52-36-40(12-34-54(52)55)38-9-15-42(16-10-38)57(45-21-29-49(60-4)30-22-45)46-23-31-50(61-5)32-24-46/h6-36H,1H2,2-5H3. The number of hydrogen-bond donors (Lipinski definition) is 0. The lowest BCUT2D eigenvalue weighted by Gasteiger charge is -2.26. The topological polar surface area (TPSA) is 48.3 Å². The summed E-state index contributed by atoms with van der Waals surface area (Å²) in [5, 5.41) is 2.33. The van der Waals surface area contributed by atoms with Crippen molar-refractivity contribution >= 4 is 62.1 Å². The Morgan fingerprint density at radius 2 is 0.590 bits per heavy atom. The van der Waals surface area contributed by atoms with Crippen molar-refractivity contribution in [2.24, 2.45) is 0 Å². The number of ether oxygens (including phenoxy) is 4. The van der Waals surface area contributed by atoms with Crippen LogP contribution in [0.15, 0.2) is 189 Å². The highest BCUT2D eigenvalue weighted by Crippen LogP contribution is 2.41. The minimum absolute atomic E-state index is 0.810. The van der Waals surface area contributed by atoms with Crippen LogP contribution in [0.5, 0.6) is 23.0 Å². The third-order valence-corrected chi connectivity index (χ3v) is 11.2. The molecular weight excluding hydrogens is 755 g/mol. The first-order valence-electron chi connectivity index (χ1n) is 20.1. The third-order valence-electron chi connectivity index (χ3n) is 11.2. The van der Waals surface area contributed by atoms with Crippen molar-refractivity contribution in [3.63, 3.8) is 0 Å². The van der Waals surface area contributed by atoms with Crippen molar-refractivity contribution < 1.29 is 18.9 Å². The van der Waals surface area contributed by atoms with Gasteiger partial charge in [-0.15, -0.1) is 0 Å². The average Bonchev–Trinajstić information content (AvgIpc) is 3.65. The number of hydrogen-bond acceptors (Lipinski definition) is 6. The summed E-state index contributed by atoms with van der Waals surface area (Å²) in [7, 11) is 6.73. The molecule has 0 saturated carbocycles. The van der Waals surface area contributed by atoms with E-state index in [1.807, 2.05) is 54.7 Å². The van der Waals surface area contributed by atoms with E-state index in [9.17, 15) is 0 Å². The van der Waals surface area contributed by atoms with E-state index in [1.165, 1.54) is 10.8 Å². The maximum Gasteiger partial charge on any atom is 0.119 e. The molecule has 7 heteroatoms. The fourth-order valence-corrected chi connectivity index (χ4v) is 8.03. The largest absolute Gasteiger partial charge is 0.497 e. The van der Waals surface area contributed by atoms with Gasteiger partial charge in [0.2, 0.25) is 0 Å². The molecule has 0 radical (unpaired) electrons. The molecule has 0 unspecified atom stereocenters. The lowest BCUT2D eigenvalue weighted by atomic mass is 9.99. The van der Waals surface area contributed by atoms with E-state index in [0.29, 0.717) is 0 Å². The van der Waals surface area contributed by atoms with Gasteiger partial charge in [-0.3, -0.25) is 0 Å². The number of anilines is 6. The second kappa shape index (κ2) is 16.8. The first-order valence-corrected chi connectivity index (χ1v) is 20.1. The van der Waals surface area contributed by atoms with Crippen LogP contribution in [0.2, 0.25) is 0 Å². The molecule has 0 aliphatic heterocycles. The van der Waals surface area contributed by atoms with Crippen LogP contribution in [0.3, 0.4) is 0 Å². The molecule has 0 amide bonds. The van der Waals surface area contributed by atoms with Gasteiger partial charge in [-0.1, -0.05) is 43.0 Å². The van der Waals surface area contributed by atoms with Gasteiger partial charge in [-0.05, 0) is 168 Å². The molecule has 0 atom stereocenters. The molecule has 0 spiro atoms. The average molecular weight is 800 g/mol. The highest BCUT2D eigenvalue weighted by molar-refractivity contribution is 6.11. The van der Waals surface area contributed by atoms with Crippen LogP contribution in [0.25, 0.3) is 50.3 Å².